The minimum atomic E-state index is -5.02. The molecule has 1 amide bonds. The van der Waals surface area contributed by atoms with Gasteiger partial charge in [-0.1, -0.05) is 19.3 Å². The van der Waals surface area contributed by atoms with Gasteiger partial charge in [-0.15, -0.1) is 0 Å². The van der Waals surface area contributed by atoms with Crippen LogP contribution in [0.3, 0.4) is 0 Å². The van der Waals surface area contributed by atoms with Crippen LogP contribution in [0, 0.1) is 6.92 Å². The summed E-state index contributed by atoms with van der Waals surface area (Å²) in [5, 5.41) is 0. The second-order valence-corrected chi connectivity index (χ2v) is 13.4. The summed E-state index contributed by atoms with van der Waals surface area (Å²) < 4.78 is 99.4. The number of hydrogen-bond acceptors (Lipinski definition) is 6. The van der Waals surface area contributed by atoms with E-state index in [1.165, 1.54) is 4.90 Å². The fourth-order valence-corrected chi connectivity index (χ4v) is 6.43. The maximum absolute atomic E-state index is 13.6. The van der Waals surface area contributed by atoms with Crippen molar-refractivity contribution in [2.45, 2.75) is 116 Å². The molecule has 2 aliphatic heterocycles. The van der Waals surface area contributed by atoms with Gasteiger partial charge in [-0.25, -0.2) is 9.78 Å². The average molecular weight is 655 g/mol. The summed E-state index contributed by atoms with van der Waals surface area (Å²) in [6.45, 7) is 12.0. The number of rotatable bonds is 7. The number of amides is 1. The van der Waals surface area contributed by atoms with Crippen molar-refractivity contribution in [3.8, 4) is 0 Å². The fraction of sp³-hybridized carbons (Fsp3) is 0.625. The minimum absolute atomic E-state index is 0.0227. The van der Waals surface area contributed by atoms with Crippen molar-refractivity contribution in [3.05, 3.63) is 52.2 Å². The summed E-state index contributed by atoms with van der Waals surface area (Å²) in [5.41, 5.74) is -2.40. The molecule has 1 atom stereocenters. The summed E-state index contributed by atoms with van der Waals surface area (Å²) >= 11 is 0. The largest absolute Gasteiger partial charge is 0.496 e. The predicted molar refractivity (Wildman–Crippen MR) is 161 cm³/mol. The highest BCUT2D eigenvalue weighted by molar-refractivity contribution is 6.62. The highest BCUT2D eigenvalue weighted by Gasteiger charge is 2.52. The van der Waals surface area contributed by atoms with Crippen LogP contribution in [0.25, 0.3) is 0 Å². The summed E-state index contributed by atoms with van der Waals surface area (Å²) in [5.74, 6) is 0.668. The van der Waals surface area contributed by atoms with E-state index in [1.807, 2.05) is 41.5 Å². The number of carbonyl (C=O) groups is 1. The second kappa shape index (κ2) is 12.2. The van der Waals surface area contributed by atoms with Crippen molar-refractivity contribution < 1.29 is 45.2 Å². The van der Waals surface area contributed by atoms with Crippen LogP contribution < -0.4 is 10.4 Å². The normalized spacial score (nSPS) is 22.0. The molecular formula is C32H40BF6N3O4. The molecule has 1 aliphatic carbocycles. The first kappa shape index (κ1) is 34.3. The molecule has 1 saturated carbocycles. The van der Waals surface area contributed by atoms with E-state index in [9.17, 15) is 31.1 Å². The van der Waals surface area contributed by atoms with E-state index >= 15 is 0 Å². The van der Waals surface area contributed by atoms with Crippen molar-refractivity contribution in [1.82, 2.24) is 9.88 Å². The number of carbonyl (C=O) groups excluding carboxylic acids is 1. The molecule has 46 heavy (non-hydrogen) atoms. The van der Waals surface area contributed by atoms with Crippen LogP contribution in [-0.4, -0.2) is 53.4 Å². The topological polar surface area (TPSA) is 64.1 Å². The summed E-state index contributed by atoms with van der Waals surface area (Å²) in [7, 11) is -0.737. The summed E-state index contributed by atoms with van der Waals surface area (Å²) in [4.78, 5) is 21.6. The van der Waals surface area contributed by atoms with E-state index in [-0.39, 0.29) is 30.8 Å². The number of nitrogens with zero attached hydrogens (tertiary/aromatic N) is 3. The Bertz CT molecular complexity index is 1410. The van der Waals surface area contributed by atoms with E-state index in [4.69, 9.17) is 19.0 Å². The van der Waals surface area contributed by atoms with Gasteiger partial charge in [0, 0.05) is 29.8 Å². The molecule has 3 fully saturated rings. The maximum Gasteiger partial charge on any atom is 0.496 e. The van der Waals surface area contributed by atoms with Gasteiger partial charge in [0.15, 0.2) is 0 Å². The molecule has 7 nitrogen and oxygen atoms in total. The summed E-state index contributed by atoms with van der Waals surface area (Å²) in [6, 6.07) is 1.51. The zero-order valence-corrected chi connectivity index (χ0v) is 26.9. The molecule has 3 aliphatic rings. The zero-order chi connectivity index (χ0) is 33.8. The molecule has 2 saturated heterocycles. The molecule has 0 N–H and O–H groups in total. The van der Waals surface area contributed by atoms with Gasteiger partial charge >= 0.3 is 25.6 Å². The van der Waals surface area contributed by atoms with Gasteiger partial charge in [0.05, 0.1) is 35.4 Å². The molecule has 14 heteroatoms. The lowest BCUT2D eigenvalue weighted by molar-refractivity contribution is -0.143. The van der Waals surface area contributed by atoms with Crippen LogP contribution in [0.2, 0.25) is 0 Å². The maximum atomic E-state index is 13.6. The van der Waals surface area contributed by atoms with Gasteiger partial charge in [-0.3, -0.25) is 4.90 Å². The average Bonchev–Trinajstić information content (AvgIpc) is 3.44. The molecule has 2 aromatic rings. The Morgan fingerprint density at radius 3 is 2.04 bits per heavy atom. The number of hydrogen-bond donors (Lipinski definition) is 0. The van der Waals surface area contributed by atoms with Crippen LogP contribution in [0.4, 0.5) is 37.0 Å². The third kappa shape index (κ3) is 6.69. The first-order valence-electron chi connectivity index (χ1n) is 15.7. The third-order valence-electron chi connectivity index (χ3n) is 9.84. The lowest BCUT2D eigenvalue weighted by atomic mass is 9.76. The van der Waals surface area contributed by atoms with Crippen molar-refractivity contribution in [1.29, 1.82) is 0 Å². The van der Waals surface area contributed by atoms with Crippen molar-refractivity contribution in [2.75, 3.05) is 18.0 Å². The van der Waals surface area contributed by atoms with E-state index in [0.29, 0.717) is 35.5 Å². The van der Waals surface area contributed by atoms with E-state index in [1.54, 1.807) is 6.20 Å². The smallest absolute Gasteiger partial charge is 0.439 e. The van der Waals surface area contributed by atoms with Crippen molar-refractivity contribution in [3.63, 3.8) is 0 Å². The van der Waals surface area contributed by atoms with Gasteiger partial charge in [0.1, 0.15) is 11.9 Å². The number of anilines is 1. The van der Waals surface area contributed by atoms with Crippen LogP contribution in [0.1, 0.15) is 101 Å². The lowest BCUT2D eigenvalue weighted by Gasteiger charge is -2.36. The quantitative estimate of drug-likeness (QED) is 0.227. The Hall–Kier alpha value is -3.00. The van der Waals surface area contributed by atoms with Crippen LogP contribution in [0.5, 0.6) is 0 Å². The Balaban J connectivity index is 1.51. The Morgan fingerprint density at radius 1 is 0.957 bits per heavy atom. The van der Waals surface area contributed by atoms with Gasteiger partial charge < -0.3 is 18.9 Å². The van der Waals surface area contributed by atoms with Gasteiger partial charge in [0.2, 0.25) is 0 Å². The second-order valence-electron chi connectivity index (χ2n) is 13.4. The van der Waals surface area contributed by atoms with Crippen LogP contribution in [0.15, 0.2) is 24.4 Å². The predicted octanol–water partition coefficient (Wildman–Crippen LogP) is 7.58. The molecule has 0 bridgehead atoms. The number of cyclic esters (lactones) is 1. The number of halogens is 6. The Kier molecular flexibility index (Phi) is 9.13. The molecule has 1 aromatic heterocycles. The molecule has 0 radical (unpaired) electrons. The third-order valence-corrected chi connectivity index (χ3v) is 9.84. The number of pyridine rings is 1. The number of aromatic nitrogens is 1. The van der Waals surface area contributed by atoms with Crippen molar-refractivity contribution in [2.24, 2.45) is 0 Å². The van der Waals surface area contributed by atoms with Crippen molar-refractivity contribution >= 4 is 24.5 Å². The van der Waals surface area contributed by atoms with Crippen LogP contribution in [-0.2, 0) is 32.9 Å². The number of alkyl halides is 6. The fourth-order valence-electron chi connectivity index (χ4n) is 6.43. The first-order valence-corrected chi connectivity index (χ1v) is 15.7. The first-order chi connectivity index (χ1) is 21.3. The van der Waals surface area contributed by atoms with Gasteiger partial charge in [-0.05, 0) is 83.7 Å². The number of benzene rings is 1. The highest BCUT2D eigenvalue weighted by atomic mass is 19.4. The minimum Gasteiger partial charge on any atom is -0.439 e. The van der Waals surface area contributed by atoms with Gasteiger partial charge in [-0.2, -0.15) is 26.3 Å². The van der Waals surface area contributed by atoms with E-state index in [0.717, 1.165) is 37.7 Å². The number of ether oxygens (including phenoxy) is 1. The molecule has 5 rings (SSSR count). The molecule has 0 unspecified atom stereocenters. The van der Waals surface area contributed by atoms with E-state index in [2.05, 4.69) is 4.90 Å². The van der Waals surface area contributed by atoms with Gasteiger partial charge in [0.25, 0.3) is 0 Å². The van der Waals surface area contributed by atoms with E-state index < -0.39 is 54.0 Å². The Morgan fingerprint density at radius 2 is 1.52 bits per heavy atom. The molecule has 3 heterocycles. The molecule has 252 valence electrons. The van der Waals surface area contributed by atoms with Crippen LogP contribution >= 0.6 is 0 Å². The molecular weight excluding hydrogens is 615 g/mol. The molecule has 0 spiro atoms. The molecule has 1 aromatic carbocycles. The summed E-state index contributed by atoms with van der Waals surface area (Å²) in [6.07, 6.45) is -5.20. The standard InChI is InChI=1S/C32H40BF6N3O4/c1-7-42(23-11-9-8-10-12-23)27-24(19(2)25(16-40-27)33-45-29(3,4)30(5,6)46-33)17-41-18-26(44-28(41)43)20-13-21(31(34,35)36)15-22(14-20)32(37,38)39/h13-16,23,26H,7-12,17-18H2,1-6H3/t26-/m0/s1. The zero-order valence-electron chi connectivity index (χ0n) is 26.9. The highest BCUT2D eigenvalue weighted by Crippen LogP contribution is 2.41. The Labute approximate surface area is 265 Å². The SMILES string of the molecule is CCN(c1ncc(B2OC(C)(C)C(C)(C)O2)c(C)c1CN1C[C@@H](c2cc(C(F)(F)F)cc(C(F)(F)F)c2)OC1=O)C1CCCCC1. The monoisotopic (exact) mass is 655 g/mol. The lowest BCUT2D eigenvalue weighted by Crippen LogP contribution is -2.42.